The van der Waals surface area contributed by atoms with Gasteiger partial charge in [0.15, 0.2) is 0 Å². The first-order valence-corrected chi connectivity index (χ1v) is 13.9. The number of nitrogens with zero attached hydrogens (tertiary/aromatic N) is 5. The van der Waals surface area contributed by atoms with Gasteiger partial charge in [0.2, 0.25) is 5.88 Å². The number of benzene rings is 3. The molecule has 0 fully saturated rings. The monoisotopic (exact) mass is 575 g/mol. The molecule has 3 heterocycles. The Balaban J connectivity index is 1.45. The second-order valence-electron chi connectivity index (χ2n) is 10.3. The van der Waals surface area contributed by atoms with Crippen LogP contribution in [0.1, 0.15) is 27.8 Å². The maximum absolute atomic E-state index is 12.5. The molecule has 6 aromatic rings. The standard InChI is InChI=1S/C34H30ClN5O2/c1-39(2)27-14-9-24(10-15-27)34(41,26-6-4-17-36-22-26)25-11-16-31-29(21-25)32(35)30(33(38-31)42-3)20-23-7-12-28(13-8-23)40-19-5-18-37-40/h4-19,21-22,41H,20H2,1-3H3. The Labute approximate surface area is 249 Å². The summed E-state index contributed by atoms with van der Waals surface area (Å²) in [7, 11) is 5.57. The number of hydrogen-bond donors (Lipinski definition) is 1. The zero-order valence-electron chi connectivity index (χ0n) is 23.6. The Morgan fingerprint density at radius 2 is 1.67 bits per heavy atom. The van der Waals surface area contributed by atoms with E-state index < -0.39 is 5.60 Å². The molecule has 42 heavy (non-hydrogen) atoms. The Hall–Kier alpha value is -4.72. The molecule has 6 rings (SSSR count). The first-order valence-electron chi connectivity index (χ1n) is 13.5. The van der Waals surface area contributed by atoms with Crippen LogP contribution in [0.25, 0.3) is 16.6 Å². The van der Waals surface area contributed by atoms with Crippen LogP contribution in [0.4, 0.5) is 5.69 Å². The number of anilines is 1. The van der Waals surface area contributed by atoms with Crippen molar-refractivity contribution in [3.05, 3.63) is 143 Å². The van der Waals surface area contributed by atoms with Gasteiger partial charge in [-0.15, -0.1) is 0 Å². The van der Waals surface area contributed by atoms with E-state index in [-0.39, 0.29) is 0 Å². The molecule has 210 valence electrons. The quantitative estimate of drug-likeness (QED) is 0.226. The molecule has 7 nitrogen and oxygen atoms in total. The van der Waals surface area contributed by atoms with Crippen LogP contribution in [0.3, 0.4) is 0 Å². The van der Waals surface area contributed by atoms with Gasteiger partial charge in [-0.25, -0.2) is 9.67 Å². The van der Waals surface area contributed by atoms with Crippen LogP contribution < -0.4 is 9.64 Å². The van der Waals surface area contributed by atoms with Gasteiger partial charge in [-0.2, -0.15) is 5.10 Å². The lowest BCUT2D eigenvalue weighted by molar-refractivity contribution is 0.125. The maximum Gasteiger partial charge on any atom is 0.218 e. The van der Waals surface area contributed by atoms with Crippen LogP contribution in [0.5, 0.6) is 5.88 Å². The van der Waals surface area contributed by atoms with E-state index in [4.69, 9.17) is 21.3 Å². The van der Waals surface area contributed by atoms with E-state index in [0.717, 1.165) is 33.5 Å². The fourth-order valence-electron chi connectivity index (χ4n) is 5.26. The lowest BCUT2D eigenvalue weighted by Gasteiger charge is -2.30. The predicted molar refractivity (Wildman–Crippen MR) is 167 cm³/mol. The van der Waals surface area contributed by atoms with Crippen molar-refractivity contribution >= 4 is 28.2 Å². The summed E-state index contributed by atoms with van der Waals surface area (Å²) in [6.07, 6.45) is 7.56. The predicted octanol–water partition coefficient (Wildman–Crippen LogP) is 6.42. The van der Waals surface area contributed by atoms with Gasteiger partial charge in [0.05, 0.1) is 23.3 Å². The lowest BCUT2D eigenvalue weighted by Crippen LogP contribution is -2.29. The molecule has 3 aromatic heterocycles. The topological polar surface area (TPSA) is 76.3 Å². The normalized spacial score (nSPS) is 12.7. The van der Waals surface area contributed by atoms with E-state index in [9.17, 15) is 5.11 Å². The van der Waals surface area contributed by atoms with Crippen molar-refractivity contribution in [2.75, 3.05) is 26.1 Å². The summed E-state index contributed by atoms with van der Waals surface area (Å²) in [6, 6.07) is 27.3. The van der Waals surface area contributed by atoms with Gasteiger partial charge in [-0.3, -0.25) is 4.98 Å². The molecule has 3 aromatic carbocycles. The number of hydrogen-bond acceptors (Lipinski definition) is 6. The highest BCUT2D eigenvalue weighted by atomic mass is 35.5. The molecule has 0 aliphatic heterocycles. The summed E-state index contributed by atoms with van der Waals surface area (Å²) < 4.78 is 7.50. The number of ether oxygens (including phenoxy) is 1. The number of aliphatic hydroxyl groups is 1. The van der Waals surface area contributed by atoms with E-state index in [2.05, 4.69) is 10.1 Å². The van der Waals surface area contributed by atoms with E-state index in [1.807, 2.05) is 115 Å². The highest BCUT2D eigenvalue weighted by Crippen LogP contribution is 2.41. The van der Waals surface area contributed by atoms with Gasteiger partial charge < -0.3 is 14.7 Å². The van der Waals surface area contributed by atoms with Crippen LogP contribution in [0.2, 0.25) is 5.02 Å². The summed E-state index contributed by atoms with van der Waals surface area (Å²) in [4.78, 5) is 11.1. The molecule has 0 amide bonds. The minimum Gasteiger partial charge on any atom is -0.481 e. The zero-order chi connectivity index (χ0) is 29.3. The van der Waals surface area contributed by atoms with Crippen molar-refractivity contribution in [1.29, 1.82) is 0 Å². The molecule has 0 aliphatic carbocycles. The summed E-state index contributed by atoms with van der Waals surface area (Å²) in [6.45, 7) is 0. The summed E-state index contributed by atoms with van der Waals surface area (Å²) in [5, 5.41) is 18.0. The summed E-state index contributed by atoms with van der Waals surface area (Å²) >= 11 is 7.12. The molecule has 8 heteroatoms. The third kappa shape index (κ3) is 4.98. The van der Waals surface area contributed by atoms with Crippen molar-refractivity contribution < 1.29 is 9.84 Å². The number of pyridine rings is 2. The van der Waals surface area contributed by atoms with Gasteiger partial charge in [0.1, 0.15) is 5.60 Å². The minimum atomic E-state index is -1.47. The van der Waals surface area contributed by atoms with Crippen molar-refractivity contribution in [3.63, 3.8) is 0 Å². The maximum atomic E-state index is 12.5. The number of methoxy groups -OCH3 is 1. The molecule has 1 atom stereocenters. The molecule has 1 N–H and O–H groups in total. The molecule has 0 bridgehead atoms. The van der Waals surface area contributed by atoms with Crippen LogP contribution in [0.15, 0.2) is 110 Å². The average Bonchev–Trinajstić information content (AvgIpc) is 3.58. The molecule has 0 radical (unpaired) electrons. The van der Waals surface area contributed by atoms with E-state index in [1.165, 1.54) is 0 Å². The molecule has 0 aliphatic rings. The summed E-state index contributed by atoms with van der Waals surface area (Å²) in [5.74, 6) is 0.471. The largest absolute Gasteiger partial charge is 0.481 e. The van der Waals surface area contributed by atoms with Crippen molar-refractivity contribution in [3.8, 4) is 11.6 Å². The molecular weight excluding hydrogens is 546 g/mol. The molecule has 0 saturated heterocycles. The Morgan fingerprint density at radius 3 is 2.31 bits per heavy atom. The fourth-order valence-corrected chi connectivity index (χ4v) is 5.56. The Bertz CT molecular complexity index is 1820. The molecule has 0 spiro atoms. The van der Waals surface area contributed by atoms with Gasteiger partial charge in [0, 0.05) is 67.5 Å². The van der Waals surface area contributed by atoms with Gasteiger partial charge in [-0.1, -0.05) is 48.0 Å². The zero-order valence-corrected chi connectivity index (χ0v) is 24.3. The second-order valence-corrected chi connectivity index (χ2v) is 10.7. The summed E-state index contributed by atoms with van der Waals surface area (Å²) in [5.41, 5.74) is 5.06. The number of rotatable bonds is 8. The van der Waals surface area contributed by atoms with Gasteiger partial charge in [-0.05, 0) is 65.2 Å². The highest BCUT2D eigenvalue weighted by molar-refractivity contribution is 6.36. The third-order valence-electron chi connectivity index (χ3n) is 7.56. The smallest absolute Gasteiger partial charge is 0.218 e. The Morgan fingerprint density at radius 1 is 0.905 bits per heavy atom. The van der Waals surface area contributed by atoms with E-state index in [1.54, 1.807) is 25.7 Å². The second kappa shape index (κ2) is 11.3. The number of halogens is 1. The molecule has 1 unspecified atom stereocenters. The lowest BCUT2D eigenvalue weighted by atomic mass is 9.80. The van der Waals surface area contributed by atoms with E-state index >= 15 is 0 Å². The Kier molecular flexibility index (Phi) is 7.37. The number of fused-ring (bicyclic) bond motifs is 1. The van der Waals surface area contributed by atoms with Gasteiger partial charge in [0.25, 0.3) is 0 Å². The SMILES string of the molecule is COc1nc2ccc(C(O)(c3ccc(N(C)C)cc3)c3cccnc3)cc2c(Cl)c1Cc1ccc(-n2cccn2)cc1. The molecule has 0 saturated carbocycles. The van der Waals surface area contributed by atoms with Crippen LogP contribution in [-0.2, 0) is 12.0 Å². The van der Waals surface area contributed by atoms with Crippen LogP contribution in [-0.4, -0.2) is 46.1 Å². The number of aromatic nitrogens is 4. The van der Waals surface area contributed by atoms with Crippen molar-refractivity contribution in [1.82, 2.24) is 19.7 Å². The van der Waals surface area contributed by atoms with Crippen LogP contribution in [0, 0.1) is 0 Å². The molecular formula is C34H30ClN5O2. The fraction of sp³-hybridized carbons (Fsp3) is 0.147. The van der Waals surface area contributed by atoms with Crippen LogP contribution >= 0.6 is 11.6 Å². The first kappa shape index (κ1) is 27.4. The third-order valence-corrected chi connectivity index (χ3v) is 7.99. The average molecular weight is 576 g/mol. The highest BCUT2D eigenvalue weighted by Gasteiger charge is 2.35. The first-order chi connectivity index (χ1) is 20.4. The van der Waals surface area contributed by atoms with Gasteiger partial charge >= 0.3 is 0 Å². The van der Waals surface area contributed by atoms with Crippen molar-refractivity contribution in [2.45, 2.75) is 12.0 Å². The minimum absolute atomic E-state index is 0.471. The van der Waals surface area contributed by atoms with E-state index in [0.29, 0.717) is 34.0 Å². The van der Waals surface area contributed by atoms with Crippen molar-refractivity contribution in [2.24, 2.45) is 0 Å².